The molecule has 3 atom stereocenters. The van der Waals surface area contributed by atoms with Gasteiger partial charge in [-0.2, -0.15) is 0 Å². The Labute approximate surface area is 247 Å². The number of halogens is 1. The lowest BCUT2D eigenvalue weighted by Gasteiger charge is -2.30. The fourth-order valence-electron chi connectivity index (χ4n) is 5.29. The van der Waals surface area contributed by atoms with Crippen molar-refractivity contribution in [2.45, 2.75) is 22.7 Å². The zero-order valence-electron chi connectivity index (χ0n) is 22.4. The van der Waals surface area contributed by atoms with E-state index in [1.54, 1.807) is 50.6 Å². The molecule has 0 bridgehead atoms. The van der Waals surface area contributed by atoms with Gasteiger partial charge in [0.25, 0.3) is 0 Å². The number of thiazole rings is 1. The van der Waals surface area contributed by atoms with E-state index in [4.69, 9.17) is 9.47 Å². The zero-order valence-corrected chi connectivity index (χ0v) is 24.0. The van der Waals surface area contributed by atoms with Gasteiger partial charge >= 0.3 is 4.87 Å². The number of anilines is 2. The van der Waals surface area contributed by atoms with Crippen molar-refractivity contribution in [1.82, 2.24) is 4.57 Å². The molecule has 3 aromatic carbocycles. The largest absolute Gasteiger partial charge is 0.497 e. The molecule has 12 heteroatoms. The lowest BCUT2D eigenvalue weighted by atomic mass is 9.83. The third-order valence-corrected chi connectivity index (χ3v) is 9.89. The summed E-state index contributed by atoms with van der Waals surface area (Å²) in [5.41, 5.74) is 1.54. The Hall–Kier alpha value is -4.42. The van der Waals surface area contributed by atoms with E-state index in [1.807, 2.05) is 12.1 Å². The Bertz CT molecular complexity index is 1730. The van der Waals surface area contributed by atoms with E-state index >= 15 is 0 Å². The van der Waals surface area contributed by atoms with Gasteiger partial charge in [-0.15, -0.1) is 0 Å². The van der Waals surface area contributed by atoms with E-state index in [9.17, 15) is 23.6 Å². The van der Waals surface area contributed by atoms with Crippen LogP contribution in [0.2, 0.25) is 0 Å². The van der Waals surface area contributed by atoms with Gasteiger partial charge in [0, 0.05) is 16.5 Å². The minimum atomic E-state index is -0.855. The predicted molar refractivity (Wildman–Crippen MR) is 157 cm³/mol. The van der Waals surface area contributed by atoms with Crippen LogP contribution >= 0.6 is 23.1 Å². The second-order valence-electron chi connectivity index (χ2n) is 9.70. The Morgan fingerprint density at radius 1 is 0.881 bits per heavy atom. The molecular weight excluding hydrogens is 581 g/mol. The maximum atomic E-state index is 13.9. The van der Waals surface area contributed by atoms with Crippen LogP contribution in [0.1, 0.15) is 16.4 Å². The first-order valence-corrected chi connectivity index (χ1v) is 14.6. The van der Waals surface area contributed by atoms with Gasteiger partial charge < -0.3 is 14.8 Å². The predicted octanol–water partition coefficient (Wildman–Crippen LogP) is 4.50. The van der Waals surface area contributed by atoms with E-state index in [0.717, 1.165) is 33.6 Å². The number of hydrogen-bond donors (Lipinski definition) is 1. The molecule has 214 valence electrons. The van der Waals surface area contributed by atoms with Crippen molar-refractivity contribution >= 4 is 52.2 Å². The lowest BCUT2D eigenvalue weighted by molar-refractivity contribution is -0.122. The van der Waals surface area contributed by atoms with Crippen LogP contribution in [0.3, 0.4) is 0 Å². The van der Waals surface area contributed by atoms with E-state index < -0.39 is 40.6 Å². The number of imide groups is 1. The normalized spacial score (nSPS) is 19.3. The molecule has 0 spiro atoms. The highest BCUT2D eigenvalue weighted by Crippen LogP contribution is 2.54. The number of methoxy groups -OCH3 is 2. The molecule has 3 heterocycles. The summed E-state index contributed by atoms with van der Waals surface area (Å²) in [5, 5.41) is 2.40. The number of amides is 3. The van der Waals surface area contributed by atoms with Crippen molar-refractivity contribution in [1.29, 1.82) is 0 Å². The third kappa shape index (κ3) is 4.86. The first kappa shape index (κ1) is 27.7. The number of benzene rings is 3. The average molecular weight is 606 g/mol. The van der Waals surface area contributed by atoms with Gasteiger partial charge in [-0.05, 0) is 66.2 Å². The number of hydrogen-bond acceptors (Lipinski definition) is 8. The minimum Gasteiger partial charge on any atom is -0.497 e. The van der Waals surface area contributed by atoms with Crippen LogP contribution in [0.25, 0.3) is 0 Å². The highest BCUT2D eigenvalue weighted by molar-refractivity contribution is 8.00. The smallest absolute Gasteiger partial charge is 0.308 e. The highest BCUT2D eigenvalue weighted by atomic mass is 32.2. The molecule has 3 amide bonds. The van der Waals surface area contributed by atoms with Crippen molar-refractivity contribution in [3.63, 3.8) is 0 Å². The van der Waals surface area contributed by atoms with Gasteiger partial charge in [0.15, 0.2) is 0 Å². The van der Waals surface area contributed by atoms with Gasteiger partial charge in [0.1, 0.15) is 29.1 Å². The summed E-state index contributed by atoms with van der Waals surface area (Å²) in [5.74, 6) is -1.98. The third-order valence-electron chi connectivity index (χ3n) is 7.28. The van der Waals surface area contributed by atoms with E-state index in [-0.39, 0.29) is 17.1 Å². The minimum absolute atomic E-state index is 0.273. The molecule has 3 unspecified atom stereocenters. The van der Waals surface area contributed by atoms with Crippen LogP contribution < -0.4 is 24.6 Å². The molecule has 0 aliphatic carbocycles. The van der Waals surface area contributed by atoms with Crippen molar-refractivity contribution < 1.29 is 28.2 Å². The summed E-state index contributed by atoms with van der Waals surface area (Å²) in [6.45, 7) is -0.278. The molecule has 42 heavy (non-hydrogen) atoms. The van der Waals surface area contributed by atoms with Crippen molar-refractivity contribution in [2.75, 3.05) is 24.4 Å². The molecule has 1 N–H and O–H groups in total. The number of aromatic nitrogens is 1. The highest BCUT2D eigenvalue weighted by Gasteiger charge is 2.56. The summed E-state index contributed by atoms with van der Waals surface area (Å²) in [6.07, 6.45) is 0. The van der Waals surface area contributed by atoms with E-state index in [1.165, 1.54) is 28.8 Å². The van der Waals surface area contributed by atoms with Crippen LogP contribution in [0.5, 0.6) is 11.5 Å². The van der Waals surface area contributed by atoms with Crippen molar-refractivity contribution in [2.24, 2.45) is 5.92 Å². The summed E-state index contributed by atoms with van der Waals surface area (Å²) in [6, 6.07) is 19.1. The topological polar surface area (TPSA) is 107 Å². The maximum absolute atomic E-state index is 13.9. The summed E-state index contributed by atoms with van der Waals surface area (Å²) < 4.78 is 25.4. The standard InChI is InChI=1S/C30H24FN3O6S2/c1-39-20-11-3-16(4-12-20)23-24-25(28(37)34(27(24)36)19-9-5-17(31)6-10-19)41-29-26(23)42-30(38)33(29)15-22(35)32-18-7-13-21(40-2)14-8-18/h3-14,23-25H,15H2,1-2H3,(H,32,35). The van der Waals surface area contributed by atoms with Crippen LogP contribution in [-0.4, -0.2) is 41.8 Å². The molecule has 2 aliphatic heterocycles. The molecule has 6 rings (SSSR count). The number of ether oxygens (including phenoxy) is 2. The Morgan fingerprint density at radius 2 is 1.50 bits per heavy atom. The number of nitrogens with zero attached hydrogens (tertiary/aromatic N) is 2. The molecule has 1 aromatic heterocycles. The Kier molecular flexibility index (Phi) is 7.33. The van der Waals surface area contributed by atoms with Crippen LogP contribution in [0.15, 0.2) is 82.6 Å². The second kappa shape index (κ2) is 11.1. The lowest BCUT2D eigenvalue weighted by Crippen LogP contribution is -2.33. The van der Waals surface area contributed by atoms with Crippen molar-refractivity contribution in [3.05, 3.63) is 98.7 Å². The number of rotatable bonds is 7. The molecule has 0 saturated carbocycles. The average Bonchev–Trinajstić information content (AvgIpc) is 3.44. The van der Waals surface area contributed by atoms with Gasteiger partial charge in [-0.3, -0.25) is 23.7 Å². The molecule has 1 fully saturated rings. The summed E-state index contributed by atoms with van der Waals surface area (Å²) in [4.78, 5) is 55.3. The molecule has 9 nitrogen and oxygen atoms in total. The van der Waals surface area contributed by atoms with Crippen molar-refractivity contribution in [3.8, 4) is 11.5 Å². The first-order chi connectivity index (χ1) is 20.3. The van der Waals surface area contributed by atoms with Gasteiger partial charge in [-0.25, -0.2) is 9.29 Å². The van der Waals surface area contributed by atoms with Gasteiger partial charge in [0.05, 0.1) is 30.9 Å². The van der Waals surface area contributed by atoms with Gasteiger partial charge in [0.2, 0.25) is 17.7 Å². The fraction of sp³-hybridized carbons (Fsp3) is 0.200. The number of thioether (sulfide) groups is 1. The quantitative estimate of drug-likeness (QED) is 0.309. The van der Waals surface area contributed by atoms with Crippen LogP contribution in [0, 0.1) is 11.7 Å². The number of fused-ring (bicyclic) bond motifs is 2. The molecular formula is C30H24FN3O6S2. The zero-order chi connectivity index (χ0) is 29.5. The summed E-state index contributed by atoms with van der Waals surface area (Å²) in [7, 11) is 3.09. The van der Waals surface area contributed by atoms with Crippen LogP contribution in [0.4, 0.5) is 15.8 Å². The first-order valence-electron chi connectivity index (χ1n) is 12.9. The molecule has 1 saturated heterocycles. The molecule has 0 radical (unpaired) electrons. The molecule has 4 aromatic rings. The fourth-order valence-corrected chi connectivity index (χ4v) is 8.06. The van der Waals surface area contributed by atoms with E-state index in [0.29, 0.717) is 27.1 Å². The molecule has 2 aliphatic rings. The number of nitrogens with one attached hydrogen (secondary N) is 1. The van der Waals surface area contributed by atoms with E-state index in [2.05, 4.69) is 5.32 Å². The summed E-state index contributed by atoms with van der Waals surface area (Å²) >= 11 is 2.08. The number of carbonyl (C=O) groups excluding carboxylic acids is 3. The van der Waals surface area contributed by atoms with Crippen LogP contribution in [-0.2, 0) is 20.9 Å². The maximum Gasteiger partial charge on any atom is 0.308 e. The van der Waals surface area contributed by atoms with Gasteiger partial charge in [-0.1, -0.05) is 35.2 Å². The monoisotopic (exact) mass is 605 g/mol. The Morgan fingerprint density at radius 3 is 2.12 bits per heavy atom. The second-order valence-corrected chi connectivity index (χ2v) is 11.8. The number of carbonyl (C=O) groups is 3. The Balaban J connectivity index is 1.38. The SMILES string of the molecule is COc1ccc(NC(=O)Cn2c3c(sc2=O)C(c2ccc(OC)cc2)C2C(=O)N(c4ccc(F)cc4)C(=O)C2S3)cc1.